The summed E-state index contributed by atoms with van der Waals surface area (Å²) in [6.45, 7) is 2.11. The number of hydrogen-bond acceptors (Lipinski definition) is 4. The summed E-state index contributed by atoms with van der Waals surface area (Å²) in [6, 6.07) is 11.3. The topological polar surface area (TPSA) is 86.5 Å². The van der Waals surface area contributed by atoms with Crippen molar-refractivity contribution in [2.75, 3.05) is 5.32 Å². The van der Waals surface area contributed by atoms with Crippen molar-refractivity contribution >= 4 is 11.6 Å². The molecule has 0 fully saturated rings. The average Bonchev–Trinajstić information content (AvgIpc) is 2.96. The van der Waals surface area contributed by atoms with Crippen LogP contribution in [0.3, 0.4) is 0 Å². The Morgan fingerprint density at radius 2 is 2.14 bits per heavy atom. The second-order valence-corrected chi connectivity index (χ2v) is 4.63. The molecule has 2 heterocycles. The number of H-pyrrole nitrogens is 2. The van der Waals surface area contributed by atoms with E-state index >= 15 is 0 Å². The Kier molecular flexibility index (Phi) is 3.51. The van der Waals surface area contributed by atoms with Crippen LogP contribution in [0.25, 0.3) is 11.4 Å². The Morgan fingerprint density at radius 3 is 2.95 bits per heavy atom. The molecule has 0 radical (unpaired) electrons. The monoisotopic (exact) mass is 281 g/mol. The van der Waals surface area contributed by atoms with Crippen LogP contribution in [0.1, 0.15) is 12.5 Å². The van der Waals surface area contributed by atoms with Crippen LogP contribution in [-0.4, -0.2) is 20.2 Å². The third kappa shape index (κ3) is 3.00. The van der Waals surface area contributed by atoms with Crippen molar-refractivity contribution in [3.8, 4) is 11.4 Å². The molecular weight excluding hydrogens is 266 g/mol. The van der Waals surface area contributed by atoms with E-state index in [4.69, 9.17) is 0 Å². The SMILES string of the molecule is CCc1cccc(Nc2n[nH]c(-c3cc[nH]c(=O)c3)n2)c1. The second kappa shape index (κ2) is 5.62. The smallest absolute Gasteiger partial charge is 0.248 e. The number of nitrogens with zero attached hydrogens (tertiary/aromatic N) is 2. The van der Waals surface area contributed by atoms with Gasteiger partial charge in [0.15, 0.2) is 5.82 Å². The number of aromatic amines is 2. The molecule has 3 rings (SSSR count). The van der Waals surface area contributed by atoms with E-state index in [9.17, 15) is 4.79 Å². The lowest BCUT2D eigenvalue weighted by Crippen LogP contribution is -2.02. The molecule has 0 aliphatic carbocycles. The van der Waals surface area contributed by atoms with E-state index in [1.165, 1.54) is 11.6 Å². The maximum atomic E-state index is 11.3. The summed E-state index contributed by atoms with van der Waals surface area (Å²) in [7, 11) is 0. The lowest BCUT2D eigenvalue weighted by atomic mass is 10.1. The third-order valence-electron chi connectivity index (χ3n) is 3.13. The fourth-order valence-corrected chi connectivity index (χ4v) is 2.04. The molecule has 106 valence electrons. The van der Waals surface area contributed by atoms with Gasteiger partial charge in [0.2, 0.25) is 11.5 Å². The molecule has 6 heteroatoms. The number of anilines is 2. The summed E-state index contributed by atoms with van der Waals surface area (Å²) in [4.78, 5) is 18.2. The Bertz CT molecular complexity index is 805. The molecule has 0 spiro atoms. The van der Waals surface area contributed by atoms with Crippen molar-refractivity contribution in [1.82, 2.24) is 20.2 Å². The van der Waals surface area contributed by atoms with Gasteiger partial charge in [0, 0.05) is 23.5 Å². The summed E-state index contributed by atoms with van der Waals surface area (Å²) in [5, 5.41) is 10.1. The Hall–Kier alpha value is -2.89. The van der Waals surface area contributed by atoms with Crippen molar-refractivity contribution in [2.45, 2.75) is 13.3 Å². The molecule has 0 amide bonds. The summed E-state index contributed by atoms with van der Waals surface area (Å²) in [6.07, 6.45) is 2.56. The normalized spacial score (nSPS) is 10.5. The molecule has 0 saturated heterocycles. The minimum Gasteiger partial charge on any atom is -0.329 e. The molecule has 0 saturated carbocycles. The maximum Gasteiger partial charge on any atom is 0.248 e. The van der Waals surface area contributed by atoms with E-state index in [0.717, 1.165) is 12.1 Å². The zero-order valence-electron chi connectivity index (χ0n) is 11.6. The van der Waals surface area contributed by atoms with Crippen LogP contribution < -0.4 is 10.9 Å². The van der Waals surface area contributed by atoms with E-state index in [0.29, 0.717) is 17.3 Å². The number of rotatable bonds is 4. The van der Waals surface area contributed by atoms with Gasteiger partial charge in [0.25, 0.3) is 0 Å². The fourth-order valence-electron chi connectivity index (χ4n) is 2.04. The Morgan fingerprint density at radius 1 is 1.24 bits per heavy atom. The van der Waals surface area contributed by atoms with Crippen LogP contribution in [0.5, 0.6) is 0 Å². The molecule has 3 aromatic rings. The fraction of sp³-hybridized carbons (Fsp3) is 0.133. The number of nitrogens with one attached hydrogen (secondary N) is 3. The van der Waals surface area contributed by atoms with Crippen molar-refractivity contribution in [2.24, 2.45) is 0 Å². The number of aromatic nitrogens is 4. The first-order valence-electron chi connectivity index (χ1n) is 6.72. The highest BCUT2D eigenvalue weighted by molar-refractivity contribution is 5.59. The van der Waals surface area contributed by atoms with Crippen LogP contribution in [0.4, 0.5) is 11.6 Å². The molecule has 21 heavy (non-hydrogen) atoms. The first-order chi connectivity index (χ1) is 10.2. The van der Waals surface area contributed by atoms with Gasteiger partial charge in [-0.3, -0.25) is 9.89 Å². The van der Waals surface area contributed by atoms with Gasteiger partial charge in [-0.15, -0.1) is 5.10 Å². The largest absolute Gasteiger partial charge is 0.329 e. The third-order valence-corrected chi connectivity index (χ3v) is 3.13. The predicted octanol–water partition coefficient (Wildman–Crippen LogP) is 2.47. The molecule has 2 aromatic heterocycles. The van der Waals surface area contributed by atoms with Gasteiger partial charge in [0.1, 0.15) is 0 Å². The molecule has 0 atom stereocenters. The standard InChI is InChI=1S/C15H15N5O/c1-2-10-4-3-5-12(8-10)17-15-18-14(19-20-15)11-6-7-16-13(21)9-11/h3-9H,2H2,1H3,(H,16,21)(H2,17,18,19,20). The molecule has 0 bridgehead atoms. The number of benzene rings is 1. The first-order valence-corrected chi connectivity index (χ1v) is 6.72. The van der Waals surface area contributed by atoms with Crippen LogP contribution >= 0.6 is 0 Å². The molecular formula is C15H15N5O. The van der Waals surface area contributed by atoms with Crippen molar-refractivity contribution in [1.29, 1.82) is 0 Å². The average molecular weight is 281 g/mol. The molecule has 3 N–H and O–H groups in total. The Labute approximate surface area is 121 Å². The van der Waals surface area contributed by atoms with E-state index in [2.05, 4.69) is 44.5 Å². The predicted molar refractivity (Wildman–Crippen MR) is 81.5 cm³/mol. The Balaban J connectivity index is 1.83. The summed E-state index contributed by atoms with van der Waals surface area (Å²) in [5.74, 6) is 1.02. The van der Waals surface area contributed by atoms with Gasteiger partial charge < -0.3 is 10.3 Å². The zero-order valence-corrected chi connectivity index (χ0v) is 11.6. The molecule has 6 nitrogen and oxygen atoms in total. The van der Waals surface area contributed by atoms with E-state index in [1.807, 2.05) is 12.1 Å². The van der Waals surface area contributed by atoms with Gasteiger partial charge in [-0.1, -0.05) is 19.1 Å². The highest BCUT2D eigenvalue weighted by Crippen LogP contribution is 2.18. The van der Waals surface area contributed by atoms with Crippen LogP contribution in [0, 0.1) is 0 Å². The van der Waals surface area contributed by atoms with Crippen molar-refractivity contribution < 1.29 is 0 Å². The van der Waals surface area contributed by atoms with Gasteiger partial charge in [-0.2, -0.15) is 4.98 Å². The van der Waals surface area contributed by atoms with E-state index < -0.39 is 0 Å². The first kappa shape index (κ1) is 13.1. The van der Waals surface area contributed by atoms with Crippen LogP contribution in [0.2, 0.25) is 0 Å². The van der Waals surface area contributed by atoms with Crippen LogP contribution in [-0.2, 0) is 6.42 Å². The van der Waals surface area contributed by atoms with Gasteiger partial charge in [-0.05, 0) is 30.2 Å². The van der Waals surface area contributed by atoms with Crippen molar-refractivity contribution in [3.63, 3.8) is 0 Å². The quantitative estimate of drug-likeness (QED) is 0.685. The zero-order chi connectivity index (χ0) is 14.7. The van der Waals surface area contributed by atoms with Gasteiger partial charge >= 0.3 is 0 Å². The minimum atomic E-state index is -0.172. The van der Waals surface area contributed by atoms with Crippen molar-refractivity contribution in [3.05, 3.63) is 58.5 Å². The number of aryl methyl sites for hydroxylation is 1. The maximum absolute atomic E-state index is 11.3. The minimum absolute atomic E-state index is 0.172. The lowest BCUT2D eigenvalue weighted by molar-refractivity contribution is 1.09. The molecule has 0 unspecified atom stereocenters. The highest BCUT2D eigenvalue weighted by Gasteiger charge is 2.06. The number of pyridine rings is 1. The van der Waals surface area contributed by atoms with Gasteiger partial charge in [-0.25, -0.2) is 0 Å². The summed E-state index contributed by atoms with van der Waals surface area (Å²) >= 11 is 0. The molecule has 1 aromatic carbocycles. The molecule has 0 aliphatic rings. The summed E-state index contributed by atoms with van der Waals surface area (Å²) in [5.41, 5.74) is 2.70. The van der Waals surface area contributed by atoms with E-state index in [1.54, 1.807) is 12.3 Å². The lowest BCUT2D eigenvalue weighted by Gasteiger charge is -2.03. The van der Waals surface area contributed by atoms with E-state index in [-0.39, 0.29) is 5.56 Å². The summed E-state index contributed by atoms with van der Waals surface area (Å²) < 4.78 is 0. The highest BCUT2D eigenvalue weighted by atomic mass is 16.1. The van der Waals surface area contributed by atoms with Gasteiger partial charge in [0.05, 0.1) is 0 Å². The number of hydrogen-bond donors (Lipinski definition) is 3. The second-order valence-electron chi connectivity index (χ2n) is 4.63. The van der Waals surface area contributed by atoms with Crippen LogP contribution in [0.15, 0.2) is 47.4 Å². The molecule has 0 aliphatic heterocycles.